The summed E-state index contributed by atoms with van der Waals surface area (Å²) >= 11 is 0. The van der Waals surface area contributed by atoms with E-state index >= 15 is 0 Å². The van der Waals surface area contributed by atoms with E-state index in [4.69, 9.17) is 4.74 Å². The second-order valence-corrected chi connectivity index (χ2v) is 10.4. The van der Waals surface area contributed by atoms with Crippen LogP contribution in [0.15, 0.2) is 30.9 Å². The van der Waals surface area contributed by atoms with Crippen molar-refractivity contribution < 1.29 is 40.7 Å². The van der Waals surface area contributed by atoms with Crippen molar-refractivity contribution in [3.63, 3.8) is 0 Å². The maximum absolute atomic E-state index is 14.4. The number of nitrogens with zero attached hydrogens (tertiary/aromatic N) is 5. The van der Waals surface area contributed by atoms with Crippen molar-refractivity contribution >= 4 is 12.0 Å². The number of carbonyl (C=O) groups excluding carboxylic acids is 2. The molecule has 2 amide bonds. The molecule has 220 valence electrons. The van der Waals surface area contributed by atoms with Gasteiger partial charge < -0.3 is 19.5 Å². The van der Waals surface area contributed by atoms with E-state index in [2.05, 4.69) is 20.3 Å². The number of benzene rings is 1. The fraction of sp³-hybridized carbons (Fsp3) is 0.423. The summed E-state index contributed by atoms with van der Waals surface area (Å²) in [6.45, 7) is 4.20. The van der Waals surface area contributed by atoms with Crippen molar-refractivity contribution in [2.45, 2.75) is 64.5 Å². The molecule has 1 aliphatic rings. The number of rotatable bonds is 6. The Hall–Kier alpha value is -4.17. The van der Waals surface area contributed by atoms with Crippen LogP contribution in [0.2, 0.25) is 0 Å². The first-order valence-corrected chi connectivity index (χ1v) is 12.4. The molecule has 2 aromatic heterocycles. The highest BCUT2D eigenvalue weighted by Crippen LogP contribution is 2.35. The van der Waals surface area contributed by atoms with Crippen LogP contribution in [0.25, 0.3) is 11.3 Å². The number of carbonyl (C=O) groups is 2. The minimum atomic E-state index is -4.76. The van der Waals surface area contributed by atoms with Gasteiger partial charge in [-0.25, -0.2) is 32.9 Å². The Kier molecular flexibility index (Phi) is 8.27. The van der Waals surface area contributed by atoms with Crippen LogP contribution in [0.3, 0.4) is 0 Å². The van der Waals surface area contributed by atoms with E-state index in [1.807, 2.05) is 0 Å². The molecule has 15 heteroatoms. The van der Waals surface area contributed by atoms with E-state index in [1.165, 1.54) is 23.6 Å². The predicted octanol–water partition coefficient (Wildman–Crippen LogP) is 4.64. The zero-order valence-electron chi connectivity index (χ0n) is 22.2. The number of hydrogen-bond donors (Lipinski definition) is 1. The van der Waals surface area contributed by atoms with Crippen molar-refractivity contribution in [3.05, 3.63) is 65.4 Å². The van der Waals surface area contributed by atoms with Crippen LogP contribution in [-0.2, 0) is 35.2 Å². The number of imidazole rings is 1. The van der Waals surface area contributed by atoms with Crippen LogP contribution >= 0.6 is 0 Å². The van der Waals surface area contributed by atoms with Gasteiger partial charge in [0, 0.05) is 49.6 Å². The third kappa shape index (κ3) is 7.13. The SMILES string of the molecule is CC(C)(C)OC(=O)NC(CC(=O)N1CCn2c(C(F)(F)F)nc(-c3cncnc3)c2C1)Cc1cc(F)c(F)cc1F. The van der Waals surface area contributed by atoms with Gasteiger partial charge in [0.05, 0.1) is 17.9 Å². The van der Waals surface area contributed by atoms with Gasteiger partial charge in [-0.05, 0) is 38.8 Å². The van der Waals surface area contributed by atoms with Gasteiger partial charge in [0.15, 0.2) is 11.6 Å². The fourth-order valence-electron chi connectivity index (χ4n) is 4.42. The molecular formula is C26H26F6N6O3. The molecule has 0 aliphatic carbocycles. The Morgan fingerprint density at radius 2 is 1.68 bits per heavy atom. The van der Waals surface area contributed by atoms with Crippen molar-refractivity contribution in [3.8, 4) is 11.3 Å². The maximum atomic E-state index is 14.4. The van der Waals surface area contributed by atoms with E-state index in [-0.39, 0.29) is 42.1 Å². The molecular weight excluding hydrogens is 558 g/mol. The summed E-state index contributed by atoms with van der Waals surface area (Å²) in [5.41, 5.74) is -0.919. The third-order valence-corrected chi connectivity index (χ3v) is 6.14. The lowest BCUT2D eigenvalue weighted by molar-refractivity contribution is -0.148. The second kappa shape index (κ2) is 11.4. The van der Waals surface area contributed by atoms with Crippen molar-refractivity contribution in [2.24, 2.45) is 0 Å². The molecule has 3 heterocycles. The molecule has 4 rings (SSSR count). The minimum absolute atomic E-state index is 0.0392. The standard InChI is InChI=1S/C26H26F6N6O3/c1-25(2,3)41-24(40)35-16(6-14-7-18(28)19(29)9-17(14)27)8-21(39)37-4-5-38-20(12-37)22(15-10-33-13-34-11-15)36-23(38)26(30,31)32/h7,9-11,13,16H,4-6,8,12H2,1-3H3,(H,35,40). The number of alkyl carbamates (subject to hydrolysis) is 1. The average molecular weight is 585 g/mol. The summed E-state index contributed by atoms with van der Waals surface area (Å²) in [6.07, 6.45) is -2.72. The number of ether oxygens (including phenoxy) is 1. The molecule has 0 fully saturated rings. The molecule has 1 unspecified atom stereocenters. The molecule has 1 aliphatic heterocycles. The zero-order valence-corrected chi connectivity index (χ0v) is 22.2. The van der Waals surface area contributed by atoms with Crippen molar-refractivity contribution in [2.75, 3.05) is 6.54 Å². The van der Waals surface area contributed by atoms with Gasteiger partial charge >= 0.3 is 12.3 Å². The first-order chi connectivity index (χ1) is 19.1. The highest BCUT2D eigenvalue weighted by atomic mass is 19.4. The van der Waals surface area contributed by atoms with Crippen LogP contribution in [0, 0.1) is 17.5 Å². The van der Waals surface area contributed by atoms with Crippen LogP contribution in [0.5, 0.6) is 0 Å². The van der Waals surface area contributed by atoms with E-state index < -0.39 is 65.9 Å². The lowest BCUT2D eigenvalue weighted by atomic mass is 10.0. The van der Waals surface area contributed by atoms with Gasteiger partial charge in [-0.15, -0.1) is 0 Å². The Morgan fingerprint density at radius 3 is 2.32 bits per heavy atom. The first kappa shape index (κ1) is 29.8. The lowest BCUT2D eigenvalue weighted by Gasteiger charge is -2.31. The summed E-state index contributed by atoms with van der Waals surface area (Å²) in [6, 6.07) is -0.141. The Morgan fingerprint density at radius 1 is 1.02 bits per heavy atom. The molecule has 41 heavy (non-hydrogen) atoms. The number of halogens is 6. The largest absolute Gasteiger partial charge is 0.449 e. The summed E-state index contributed by atoms with van der Waals surface area (Å²) < 4.78 is 89.1. The predicted molar refractivity (Wildman–Crippen MR) is 131 cm³/mol. The lowest BCUT2D eigenvalue weighted by Crippen LogP contribution is -2.45. The molecule has 3 aromatic rings. The van der Waals surface area contributed by atoms with E-state index in [1.54, 1.807) is 20.8 Å². The summed E-state index contributed by atoms with van der Waals surface area (Å²) in [4.78, 5) is 38.5. The molecule has 0 bridgehead atoms. The molecule has 0 radical (unpaired) electrons. The second-order valence-electron chi connectivity index (χ2n) is 10.4. The van der Waals surface area contributed by atoms with Crippen LogP contribution in [0.4, 0.5) is 31.1 Å². The summed E-state index contributed by atoms with van der Waals surface area (Å²) in [7, 11) is 0. The number of amides is 2. The highest BCUT2D eigenvalue weighted by Gasteiger charge is 2.41. The van der Waals surface area contributed by atoms with Crippen LogP contribution in [0.1, 0.15) is 44.3 Å². The number of alkyl halides is 3. The van der Waals surface area contributed by atoms with E-state index in [9.17, 15) is 35.9 Å². The highest BCUT2D eigenvalue weighted by molar-refractivity contribution is 5.78. The number of fused-ring (bicyclic) bond motifs is 1. The van der Waals surface area contributed by atoms with Crippen LogP contribution < -0.4 is 5.32 Å². The van der Waals surface area contributed by atoms with Gasteiger partial charge in [0.1, 0.15) is 17.7 Å². The third-order valence-electron chi connectivity index (χ3n) is 6.14. The van der Waals surface area contributed by atoms with Crippen LogP contribution in [-0.4, -0.2) is 54.6 Å². The molecule has 0 saturated carbocycles. The monoisotopic (exact) mass is 584 g/mol. The average Bonchev–Trinajstić information content (AvgIpc) is 3.26. The first-order valence-electron chi connectivity index (χ1n) is 12.4. The molecule has 0 saturated heterocycles. The molecule has 1 atom stereocenters. The Labute approximate surface area is 230 Å². The van der Waals surface area contributed by atoms with Crippen molar-refractivity contribution in [1.82, 2.24) is 29.7 Å². The smallest absolute Gasteiger partial charge is 0.444 e. The molecule has 1 aromatic carbocycles. The number of nitrogens with one attached hydrogen (secondary N) is 1. The zero-order chi connectivity index (χ0) is 30.1. The summed E-state index contributed by atoms with van der Waals surface area (Å²) in [5.74, 6) is -5.52. The van der Waals surface area contributed by atoms with Gasteiger partial charge in [-0.2, -0.15) is 13.2 Å². The molecule has 9 nitrogen and oxygen atoms in total. The van der Waals surface area contributed by atoms with Gasteiger partial charge in [-0.1, -0.05) is 0 Å². The molecule has 1 N–H and O–H groups in total. The van der Waals surface area contributed by atoms with E-state index in [0.29, 0.717) is 12.1 Å². The number of aromatic nitrogens is 4. The Bertz CT molecular complexity index is 1440. The summed E-state index contributed by atoms with van der Waals surface area (Å²) in [5, 5.41) is 2.46. The quantitative estimate of drug-likeness (QED) is 0.335. The fourth-order valence-corrected chi connectivity index (χ4v) is 4.42. The molecule has 0 spiro atoms. The van der Waals surface area contributed by atoms with E-state index in [0.717, 1.165) is 4.57 Å². The minimum Gasteiger partial charge on any atom is -0.444 e. The maximum Gasteiger partial charge on any atom is 0.449 e. The van der Waals surface area contributed by atoms with Crippen molar-refractivity contribution in [1.29, 1.82) is 0 Å². The van der Waals surface area contributed by atoms with Gasteiger partial charge in [0.2, 0.25) is 11.7 Å². The topological polar surface area (TPSA) is 102 Å². The normalized spacial score (nSPS) is 14.4. The number of hydrogen-bond acceptors (Lipinski definition) is 6. The van der Waals surface area contributed by atoms with Gasteiger partial charge in [-0.3, -0.25) is 4.79 Å². The van der Waals surface area contributed by atoms with Gasteiger partial charge in [0.25, 0.3) is 0 Å². The Balaban J connectivity index is 1.59.